The molecule has 0 fully saturated rings. The number of rotatable bonds is 6. The summed E-state index contributed by atoms with van der Waals surface area (Å²) in [5.74, 6) is 0.471. The lowest BCUT2D eigenvalue weighted by Crippen LogP contribution is -2.41. The third-order valence-electron chi connectivity index (χ3n) is 5.09. The Labute approximate surface area is 168 Å². The molecule has 0 saturated heterocycles. The summed E-state index contributed by atoms with van der Waals surface area (Å²) in [5, 5.41) is 9.47. The van der Waals surface area contributed by atoms with Crippen LogP contribution in [0.25, 0.3) is 0 Å². The van der Waals surface area contributed by atoms with Crippen molar-refractivity contribution in [3.8, 4) is 11.5 Å². The van der Waals surface area contributed by atoms with Crippen LogP contribution in [0.4, 0.5) is 0 Å². The third-order valence-corrected chi connectivity index (χ3v) is 6.53. The number of carboxylic acids is 1. The summed E-state index contributed by atoms with van der Waals surface area (Å²) in [7, 11) is 0. The second kappa shape index (κ2) is 7.60. The molecule has 0 aliphatic carbocycles. The molecule has 0 bridgehead atoms. The predicted octanol–water partition coefficient (Wildman–Crippen LogP) is 4.97. The number of aliphatic carboxylic acids is 1. The zero-order chi connectivity index (χ0) is 19.6. The van der Waals surface area contributed by atoms with E-state index in [9.17, 15) is 9.90 Å². The van der Waals surface area contributed by atoms with Gasteiger partial charge in [-0.05, 0) is 36.2 Å². The topological polar surface area (TPSA) is 55.8 Å². The molecule has 0 spiro atoms. The van der Waals surface area contributed by atoms with Gasteiger partial charge in [0, 0.05) is 10.3 Å². The Hall–Kier alpha value is -2.92. The van der Waals surface area contributed by atoms with E-state index in [1.807, 2.05) is 85.8 Å². The van der Waals surface area contributed by atoms with Gasteiger partial charge in [0.15, 0.2) is 11.5 Å². The van der Waals surface area contributed by atoms with E-state index in [0.29, 0.717) is 11.5 Å². The Kier molecular flexibility index (Phi) is 5.01. The van der Waals surface area contributed by atoms with Crippen molar-refractivity contribution in [3.63, 3.8) is 0 Å². The second-order valence-corrected chi connectivity index (χ2v) is 7.96. The maximum atomic E-state index is 12.5. The van der Waals surface area contributed by atoms with E-state index in [0.717, 1.165) is 16.0 Å². The molecule has 4 rings (SSSR count). The molecule has 4 nitrogen and oxygen atoms in total. The molecule has 142 valence electrons. The molecule has 3 aromatic carbocycles. The zero-order valence-corrected chi connectivity index (χ0v) is 16.2. The average molecular weight is 392 g/mol. The Morgan fingerprint density at radius 1 is 0.929 bits per heavy atom. The lowest BCUT2D eigenvalue weighted by atomic mass is 9.73. The maximum Gasteiger partial charge on any atom is 0.318 e. The van der Waals surface area contributed by atoms with Gasteiger partial charge in [0.05, 0.1) is 0 Å². The van der Waals surface area contributed by atoms with E-state index in [2.05, 4.69) is 0 Å². The van der Waals surface area contributed by atoms with E-state index in [1.54, 1.807) is 0 Å². The van der Waals surface area contributed by atoms with Gasteiger partial charge < -0.3 is 14.6 Å². The quantitative estimate of drug-likeness (QED) is 0.601. The van der Waals surface area contributed by atoms with Crippen LogP contribution >= 0.6 is 11.8 Å². The van der Waals surface area contributed by atoms with Crippen molar-refractivity contribution in [2.75, 3.05) is 6.79 Å². The molecule has 5 heteroatoms. The first-order valence-corrected chi connectivity index (χ1v) is 9.87. The molecule has 3 aromatic rings. The molecule has 0 saturated carbocycles. The number of thioether (sulfide) groups is 1. The summed E-state index contributed by atoms with van der Waals surface area (Å²) in [6, 6.07) is 25.2. The molecular weight excluding hydrogens is 372 g/mol. The predicted molar refractivity (Wildman–Crippen MR) is 109 cm³/mol. The highest BCUT2D eigenvalue weighted by Crippen LogP contribution is 2.45. The van der Waals surface area contributed by atoms with Gasteiger partial charge in [0.2, 0.25) is 6.79 Å². The van der Waals surface area contributed by atoms with Crippen molar-refractivity contribution in [1.29, 1.82) is 0 Å². The third kappa shape index (κ3) is 3.34. The van der Waals surface area contributed by atoms with Gasteiger partial charge in [-0.25, -0.2) is 0 Å². The number of carboxylic acid groups (broad SMARTS) is 1. The summed E-state index contributed by atoms with van der Waals surface area (Å²) in [6.45, 7) is 2.19. The lowest BCUT2D eigenvalue weighted by molar-refractivity contribution is -0.137. The first-order valence-electron chi connectivity index (χ1n) is 8.99. The lowest BCUT2D eigenvalue weighted by Gasteiger charge is -2.36. The van der Waals surface area contributed by atoms with E-state index in [4.69, 9.17) is 9.47 Å². The van der Waals surface area contributed by atoms with E-state index >= 15 is 0 Å². The van der Waals surface area contributed by atoms with Crippen LogP contribution in [0.3, 0.4) is 0 Å². The summed E-state index contributed by atoms with van der Waals surface area (Å²) in [6.07, 6.45) is 0. The number of hydrogen-bond acceptors (Lipinski definition) is 4. The van der Waals surface area contributed by atoms with Crippen LogP contribution in [0, 0.1) is 0 Å². The standard InChI is InChI=1S/C23H20O4S/c1-23(16-8-4-2-5-9-16,17-10-6-3-7-11-17)21(22(24)25)28-18-12-13-19-20(14-18)27-15-26-19/h2-14,21H,15H2,1H3,(H,24,25). The number of benzene rings is 3. The van der Waals surface area contributed by atoms with E-state index in [1.165, 1.54) is 11.8 Å². The number of ether oxygens (including phenoxy) is 2. The molecule has 1 unspecified atom stereocenters. The van der Waals surface area contributed by atoms with Gasteiger partial charge >= 0.3 is 5.97 Å². The first-order chi connectivity index (χ1) is 13.6. The largest absolute Gasteiger partial charge is 0.480 e. The molecule has 1 N–H and O–H groups in total. The Morgan fingerprint density at radius 3 is 2.07 bits per heavy atom. The summed E-state index contributed by atoms with van der Waals surface area (Å²) in [5.41, 5.74) is 1.19. The van der Waals surface area contributed by atoms with Crippen LogP contribution in [0.15, 0.2) is 83.8 Å². The molecule has 1 heterocycles. The highest BCUT2D eigenvalue weighted by atomic mass is 32.2. The SMILES string of the molecule is CC(c1ccccc1)(c1ccccc1)C(Sc1ccc2c(c1)OCO2)C(=O)O. The molecule has 0 amide bonds. The van der Waals surface area contributed by atoms with Crippen LogP contribution in [-0.4, -0.2) is 23.1 Å². The summed E-state index contributed by atoms with van der Waals surface area (Å²) >= 11 is 1.32. The van der Waals surface area contributed by atoms with Crippen LogP contribution in [-0.2, 0) is 10.2 Å². The van der Waals surface area contributed by atoms with Gasteiger partial charge in [-0.1, -0.05) is 60.7 Å². The highest BCUT2D eigenvalue weighted by molar-refractivity contribution is 8.00. The molecule has 1 atom stereocenters. The Bertz CT molecular complexity index is 933. The van der Waals surface area contributed by atoms with E-state index in [-0.39, 0.29) is 6.79 Å². The van der Waals surface area contributed by atoms with E-state index < -0.39 is 16.6 Å². The normalized spacial score (nSPS) is 13.9. The minimum atomic E-state index is -0.863. The molecule has 0 aromatic heterocycles. The molecular formula is C23H20O4S. The number of fused-ring (bicyclic) bond motifs is 1. The Balaban J connectivity index is 1.79. The van der Waals surface area contributed by atoms with Gasteiger partial charge in [0.1, 0.15) is 5.25 Å². The zero-order valence-electron chi connectivity index (χ0n) is 15.4. The van der Waals surface area contributed by atoms with Crippen LogP contribution in [0.1, 0.15) is 18.1 Å². The van der Waals surface area contributed by atoms with Gasteiger partial charge in [-0.2, -0.15) is 0 Å². The van der Waals surface area contributed by atoms with Gasteiger partial charge in [-0.15, -0.1) is 11.8 Å². The fourth-order valence-electron chi connectivity index (χ4n) is 3.54. The molecule has 28 heavy (non-hydrogen) atoms. The van der Waals surface area contributed by atoms with Crippen molar-refractivity contribution >= 4 is 17.7 Å². The van der Waals surface area contributed by atoms with Crippen molar-refractivity contribution in [3.05, 3.63) is 90.0 Å². The highest BCUT2D eigenvalue weighted by Gasteiger charge is 2.43. The number of hydrogen-bond donors (Lipinski definition) is 1. The fraction of sp³-hybridized carbons (Fsp3) is 0.174. The monoisotopic (exact) mass is 392 g/mol. The van der Waals surface area contributed by atoms with Crippen molar-refractivity contribution in [2.24, 2.45) is 0 Å². The second-order valence-electron chi connectivity index (χ2n) is 6.79. The fourth-order valence-corrected chi connectivity index (χ4v) is 4.74. The molecule has 1 aliphatic rings. The van der Waals surface area contributed by atoms with Crippen molar-refractivity contribution in [1.82, 2.24) is 0 Å². The van der Waals surface area contributed by atoms with Crippen molar-refractivity contribution in [2.45, 2.75) is 22.5 Å². The van der Waals surface area contributed by atoms with Crippen LogP contribution in [0.2, 0.25) is 0 Å². The van der Waals surface area contributed by atoms with Gasteiger partial charge in [-0.3, -0.25) is 4.79 Å². The minimum Gasteiger partial charge on any atom is -0.480 e. The van der Waals surface area contributed by atoms with Gasteiger partial charge in [0.25, 0.3) is 0 Å². The summed E-state index contributed by atoms with van der Waals surface area (Å²) < 4.78 is 10.8. The summed E-state index contributed by atoms with van der Waals surface area (Å²) in [4.78, 5) is 13.3. The molecule has 1 aliphatic heterocycles. The van der Waals surface area contributed by atoms with Crippen molar-refractivity contribution < 1.29 is 19.4 Å². The first kappa shape index (κ1) is 18.4. The molecule has 0 radical (unpaired) electrons. The number of carbonyl (C=O) groups is 1. The average Bonchev–Trinajstić information content (AvgIpc) is 3.20. The smallest absolute Gasteiger partial charge is 0.318 e. The van der Waals surface area contributed by atoms with Crippen LogP contribution in [0.5, 0.6) is 11.5 Å². The maximum absolute atomic E-state index is 12.5. The minimum absolute atomic E-state index is 0.192. The Morgan fingerprint density at radius 2 is 1.50 bits per heavy atom. The van der Waals surface area contributed by atoms with Crippen LogP contribution < -0.4 is 9.47 Å².